The first kappa shape index (κ1) is 29.8. The molecular weight excluding hydrogens is 474 g/mol. The van der Waals surface area contributed by atoms with Crippen molar-refractivity contribution in [3.8, 4) is 0 Å². The van der Waals surface area contributed by atoms with Gasteiger partial charge < -0.3 is 27.0 Å². The van der Waals surface area contributed by atoms with Crippen LogP contribution in [0.5, 0.6) is 0 Å². The van der Waals surface area contributed by atoms with Gasteiger partial charge in [0.05, 0.1) is 12.3 Å². The van der Waals surface area contributed by atoms with E-state index < -0.39 is 40.0 Å². The molecule has 1 rings (SSSR count). The van der Waals surface area contributed by atoms with Gasteiger partial charge in [-0.2, -0.15) is 0 Å². The van der Waals surface area contributed by atoms with E-state index in [-0.39, 0.29) is 30.6 Å². The molecule has 0 saturated carbocycles. The molecule has 0 spiro atoms. The third kappa shape index (κ3) is 9.91. The Morgan fingerprint density at radius 1 is 1.09 bits per heavy atom. The van der Waals surface area contributed by atoms with Gasteiger partial charge in [0.15, 0.2) is 0 Å². The topological polar surface area (TPSA) is 201 Å². The standard InChI is InChI=1S/C22H37N7O5S/c1-5-11-35(33,34)28-18(14(3)6-2)21(31)27-17(13-29(4)22(25)32)20(30)26-12-15-7-9-16(10-8-15)19(23)24/h7-10,14,17-18,28H,5-6,11-13H2,1-4H3,(H3,23,24)(H2,25,32)(H,26,30)(H,27,31)/t14-,17+,18-/m1/s1. The number of nitrogen functional groups attached to an aromatic ring is 1. The Kier molecular flexibility index (Phi) is 11.6. The zero-order chi connectivity index (χ0) is 26.8. The molecule has 0 radical (unpaired) electrons. The molecule has 13 heteroatoms. The molecule has 0 unspecified atom stereocenters. The fourth-order valence-electron chi connectivity index (χ4n) is 3.12. The van der Waals surface area contributed by atoms with Crippen LogP contribution in [0.3, 0.4) is 0 Å². The van der Waals surface area contributed by atoms with Gasteiger partial charge in [0, 0.05) is 19.2 Å². The van der Waals surface area contributed by atoms with Crippen LogP contribution in [0.25, 0.3) is 0 Å². The highest BCUT2D eigenvalue weighted by molar-refractivity contribution is 7.89. The molecule has 0 bridgehead atoms. The lowest BCUT2D eigenvalue weighted by atomic mass is 9.99. The summed E-state index contributed by atoms with van der Waals surface area (Å²) in [6.45, 7) is 5.16. The van der Waals surface area contributed by atoms with Gasteiger partial charge in [0.25, 0.3) is 0 Å². The molecule has 12 nitrogen and oxygen atoms in total. The second kappa shape index (κ2) is 13.6. The minimum absolute atomic E-state index is 0.0803. The van der Waals surface area contributed by atoms with Crippen molar-refractivity contribution in [3.63, 3.8) is 0 Å². The molecular formula is C22H37N7O5S. The molecule has 0 aliphatic rings. The summed E-state index contributed by atoms with van der Waals surface area (Å²) in [5.74, 6) is -1.82. The average molecular weight is 512 g/mol. The molecule has 4 amide bonds. The number of likely N-dealkylation sites (N-methyl/N-ethyl adjacent to an activating group) is 1. The van der Waals surface area contributed by atoms with E-state index in [9.17, 15) is 22.8 Å². The van der Waals surface area contributed by atoms with Crippen LogP contribution in [0.1, 0.15) is 44.7 Å². The minimum Gasteiger partial charge on any atom is -0.384 e. The number of carbonyl (C=O) groups excluding carboxylic acids is 3. The zero-order valence-electron chi connectivity index (χ0n) is 20.6. The van der Waals surface area contributed by atoms with E-state index >= 15 is 0 Å². The van der Waals surface area contributed by atoms with Crippen LogP contribution in [0.2, 0.25) is 0 Å². The Morgan fingerprint density at radius 3 is 2.17 bits per heavy atom. The van der Waals surface area contributed by atoms with E-state index in [4.69, 9.17) is 16.9 Å². The first-order chi connectivity index (χ1) is 16.3. The summed E-state index contributed by atoms with van der Waals surface area (Å²) in [6.07, 6.45) is 0.896. The zero-order valence-corrected chi connectivity index (χ0v) is 21.4. The third-order valence-electron chi connectivity index (χ3n) is 5.47. The summed E-state index contributed by atoms with van der Waals surface area (Å²) in [6, 6.07) is 3.61. The van der Waals surface area contributed by atoms with E-state index in [1.165, 1.54) is 7.05 Å². The molecule has 0 fully saturated rings. The number of primary amides is 1. The number of nitrogens with zero attached hydrogens (tertiary/aromatic N) is 1. The van der Waals surface area contributed by atoms with Crippen molar-refractivity contribution >= 4 is 33.7 Å². The summed E-state index contributed by atoms with van der Waals surface area (Å²) in [7, 11) is -2.32. The monoisotopic (exact) mass is 511 g/mol. The lowest BCUT2D eigenvalue weighted by molar-refractivity contribution is -0.130. The molecule has 196 valence electrons. The van der Waals surface area contributed by atoms with E-state index in [2.05, 4.69) is 15.4 Å². The maximum Gasteiger partial charge on any atom is 0.314 e. The van der Waals surface area contributed by atoms with Crippen molar-refractivity contribution in [3.05, 3.63) is 35.4 Å². The minimum atomic E-state index is -3.70. The predicted octanol–water partition coefficient (Wildman–Crippen LogP) is -0.174. The predicted molar refractivity (Wildman–Crippen MR) is 134 cm³/mol. The van der Waals surface area contributed by atoms with Crippen LogP contribution < -0.4 is 26.8 Å². The van der Waals surface area contributed by atoms with Crippen LogP contribution in [0.15, 0.2) is 24.3 Å². The van der Waals surface area contributed by atoms with Crippen molar-refractivity contribution in [1.29, 1.82) is 5.41 Å². The highest BCUT2D eigenvalue weighted by atomic mass is 32.2. The van der Waals surface area contributed by atoms with Crippen molar-refractivity contribution in [2.75, 3.05) is 19.3 Å². The largest absolute Gasteiger partial charge is 0.384 e. The smallest absolute Gasteiger partial charge is 0.314 e. The molecule has 3 atom stereocenters. The lowest BCUT2D eigenvalue weighted by Crippen LogP contribution is -2.58. The second-order valence-electron chi connectivity index (χ2n) is 8.41. The molecule has 0 heterocycles. The number of amidine groups is 1. The van der Waals surface area contributed by atoms with Gasteiger partial charge >= 0.3 is 6.03 Å². The quantitative estimate of drug-likeness (QED) is 0.148. The fraction of sp³-hybridized carbons (Fsp3) is 0.545. The highest BCUT2D eigenvalue weighted by Gasteiger charge is 2.32. The van der Waals surface area contributed by atoms with Crippen LogP contribution in [-0.4, -0.2) is 68.4 Å². The average Bonchev–Trinajstić information content (AvgIpc) is 2.79. The lowest BCUT2D eigenvalue weighted by Gasteiger charge is -2.28. The van der Waals surface area contributed by atoms with Crippen molar-refractivity contribution < 1.29 is 22.8 Å². The molecule has 1 aromatic rings. The van der Waals surface area contributed by atoms with Gasteiger partial charge in [-0.15, -0.1) is 0 Å². The van der Waals surface area contributed by atoms with Gasteiger partial charge in [0.2, 0.25) is 21.8 Å². The number of rotatable bonds is 14. The molecule has 0 saturated heterocycles. The number of hydrogen-bond donors (Lipinski definition) is 6. The Hall–Kier alpha value is -3.19. The second-order valence-corrected chi connectivity index (χ2v) is 10.3. The number of urea groups is 1. The van der Waals surface area contributed by atoms with Crippen molar-refractivity contribution in [2.24, 2.45) is 17.4 Å². The summed E-state index contributed by atoms with van der Waals surface area (Å²) < 4.78 is 27.1. The van der Waals surface area contributed by atoms with Crippen LogP contribution in [-0.2, 0) is 26.2 Å². The maximum atomic E-state index is 13.1. The molecule has 0 aliphatic heterocycles. The van der Waals surface area contributed by atoms with Gasteiger partial charge in [-0.1, -0.05) is 51.5 Å². The molecule has 1 aromatic carbocycles. The molecule has 0 aliphatic carbocycles. The van der Waals surface area contributed by atoms with Crippen molar-refractivity contribution in [1.82, 2.24) is 20.3 Å². The third-order valence-corrected chi connectivity index (χ3v) is 7.03. The van der Waals surface area contributed by atoms with E-state index in [0.717, 1.165) is 10.5 Å². The number of carbonyl (C=O) groups is 3. The van der Waals surface area contributed by atoms with Crippen LogP contribution in [0, 0.1) is 11.3 Å². The summed E-state index contributed by atoms with van der Waals surface area (Å²) in [5.41, 5.74) is 12.0. The molecule has 35 heavy (non-hydrogen) atoms. The van der Waals surface area contributed by atoms with Gasteiger partial charge in [-0.25, -0.2) is 17.9 Å². The SMILES string of the molecule is CCCS(=O)(=O)N[C@@H](C(=O)N[C@@H](CN(C)C(N)=O)C(=O)NCc1ccc(C(=N)N)cc1)[C@H](C)CC. The Bertz CT molecular complexity index is 998. The van der Waals surface area contributed by atoms with Crippen LogP contribution in [0.4, 0.5) is 4.79 Å². The number of nitrogens with two attached hydrogens (primary N) is 2. The summed E-state index contributed by atoms with van der Waals surface area (Å²) in [4.78, 5) is 38.6. The number of hydrogen-bond acceptors (Lipinski definition) is 6. The number of benzene rings is 1. The van der Waals surface area contributed by atoms with Gasteiger partial charge in [-0.05, 0) is 17.9 Å². The Morgan fingerprint density at radius 2 is 1.69 bits per heavy atom. The van der Waals surface area contributed by atoms with E-state index in [0.29, 0.717) is 18.4 Å². The fourth-order valence-corrected chi connectivity index (χ4v) is 4.50. The summed E-state index contributed by atoms with van der Waals surface area (Å²) in [5, 5.41) is 12.7. The Balaban J connectivity index is 3.04. The van der Waals surface area contributed by atoms with Crippen LogP contribution >= 0.6 is 0 Å². The number of sulfonamides is 1. The highest BCUT2D eigenvalue weighted by Crippen LogP contribution is 2.11. The van der Waals surface area contributed by atoms with Gasteiger partial charge in [0.1, 0.15) is 17.9 Å². The van der Waals surface area contributed by atoms with Gasteiger partial charge in [-0.3, -0.25) is 15.0 Å². The van der Waals surface area contributed by atoms with E-state index in [1.807, 2.05) is 6.92 Å². The molecule has 0 aromatic heterocycles. The summed E-state index contributed by atoms with van der Waals surface area (Å²) >= 11 is 0. The first-order valence-corrected chi connectivity index (χ1v) is 13.0. The Labute approximate surface area is 206 Å². The van der Waals surface area contributed by atoms with Crippen molar-refractivity contribution in [2.45, 2.75) is 52.2 Å². The van der Waals surface area contributed by atoms with E-state index in [1.54, 1.807) is 38.1 Å². The number of nitrogens with one attached hydrogen (secondary N) is 4. The number of amides is 4. The maximum absolute atomic E-state index is 13.1. The first-order valence-electron chi connectivity index (χ1n) is 11.3. The molecule has 8 N–H and O–H groups in total. The normalized spacial score (nSPS) is 13.8.